The third-order valence-corrected chi connectivity index (χ3v) is 3.87. The summed E-state index contributed by atoms with van der Waals surface area (Å²) in [6, 6.07) is 0.671. The van der Waals surface area contributed by atoms with Crippen LogP contribution in [0.2, 0.25) is 0 Å². The van der Waals surface area contributed by atoms with Gasteiger partial charge in [0.25, 0.3) is 0 Å². The molecule has 3 rings (SSSR count). The largest absolute Gasteiger partial charge is 0.329 e. The van der Waals surface area contributed by atoms with Crippen LogP contribution in [0.15, 0.2) is 12.5 Å². The number of imidazole rings is 1. The third kappa shape index (κ3) is 1.69. The number of nitrogens with zero attached hydrogens (tertiary/aromatic N) is 2. The van der Waals surface area contributed by atoms with E-state index in [1.54, 1.807) is 0 Å². The van der Waals surface area contributed by atoms with Crippen LogP contribution in [0.3, 0.4) is 0 Å². The van der Waals surface area contributed by atoms with Crippen molar-refractivity contribution in [2.45, 2.75) is 44.1 Å². The SMILES string of the molecule is c1ncn(C2CNC2)c1C1CCCCC1. The van der Waals surface area contributed by atoms with Crippen LogP contribution in [0, 0.1) is 0 Å². The summed E-state index contributed by atoms with van der Waals surface area (Å²) >= 11 is 0. The van der Waals surface area contributed by atoms with E-state index in [0.717, 1.165) is 19.0 Å². The lowest BCUT2D eigenvalue weighted by Crippen LogP contribution is -2.43. The summed E-state index contributed by atoms with van der Waals surface area (Å²) < 4.78 is 2.41. The zero-order valence-corrected chi connectivity index (χ0v) is 9.15. The van der Waals surface area contributed by atoms with Gasteiger partial charge in [-0.05, 0) is 12.8 Å². The fourth-order valence-corrected chi connectivity index (χ4v) is 2.80. The second kappa shape index (κ2) is 3.97. The molecule has 0 spiro atoms. The lowest BCUT2D eigenvalue weighted by molar-refractivity contribution is 0.321. The summed E-state index contributed by atoms with van der Waals surface area (Å²) in [5, 5.41) is 3.33. The molecule has 1 saturated carbocycles. The first-order valence-corrected chi connectivity index (χ1v) is 6.17. The molecule has 1 saturated heterocycles. The van der Waals surface area contributed by atoms with Gasteiger partial charge in [-0.25, -0.2) is 4.98 Å². The van der Waals surface area contributed by atoms with Crippen molar-refractivity contribution in [1.82, 2.24) is 14.9 Å². The highest BCUT2D eigenvalue weighted by Gasteiger charge is 2.25. The highest BCUT2D eigenvalue weighted by Crippen LogP contribution is 2.33. The summed E-state index contributed by atoms with van der Waals surface area (Å²) in [7, 11) is 0. The molecule has 82 valence electrons. The number of hydrogen-bond acceptors (Lipinski definition) is 2. The number of aromatic nitrogens is 2. The fraction of sp³-hybridized carbons (Fsp3) is 0.750. The van der Waals surface area contributed by atoms with E-state index in [1.165, 1.54) is 37.8 Å². The monoisotopic (exact) mass is 205 g/mol. The van der Waals surface area contributed by atoms with E-state index in [0.29, 0.717) is 6.04 Å². The first-order valence-electron chi connectivity index (χ1n) is 6.17. The van der Waals surface area contributed by atoms with Crippen molar-refractivity contribution in [2.24, 2.45) is 0 Å². The molecule has 0 bridgehead atoms. The predicted octanol–water partition coefficient (Wildman–Crippen LogP) is 2.08. The Morgan fingerprint density at radius 3 is 2.67 bits per heavy atom. The first-order chi connectivity index (χ1) is 7.45. The molecule has 0 aromatic carbocycles. The maximum absolute atomic E-state index is 4.34. The molecule has 2 fully saturated rings. The van der Waals surface area contributed by atoms with Gasteiger partial charge in [0.1, 0.15) is 0 Å². The van der Waals surface area contributed by atoms with Gasteiger partial charge >= 0.3 is 0 Å². The lowest BCUT2D eigenvalue weighted by atomic mass is 9.87. The number of nitrogens with one attached hydrogen (secondary N) is 1. The van der Waals surface area contributed by atoms with Crippen LogP contribution in [0.5, 0.6) is 0 Å². The van der Waals surface area contributed by atoms with E-state index in [2.05, 4.69) is 21.1 Å². The van der Waals surface area contributed by atoms with E-state index >= 15 is 0 Å². The van der Waals surface area contributed by atoms with Gasteiger partial charge in [0.2, 0.25) is 0 Å². The Morgan fingerprint density at radius 2 is 2.00 bits per heavy atom. The Hall–Kier alpha value is -0.830. The van der Waals surface area contributed by atoms with Gasteiger partial charge < -0.3 is 9.88 Å². The molecule has 3 nitrogen and oxygen atoms in total. The maximum atomic E-state index is 4.34. The predicted molar refractivity (Wildman–Crippen MR) is 60.0 cm³/mol. The standard InChI is InChI=1S/C12H19N3/c1-2-4-10(5-3-1)12-8-14-9-15(12)11-6-13-7-11/h8-11,13H,1-7H2. The molecule has 0 amide bonds. The molecule has 15 heavy (non-hydrogen) atoms. The van der Waals surface area contributed by atoms with E-state index < -0.39 is 0 Å². The van der Waals surface area contributed by atoms with E-state index in [-0.39, 0.29) is 0 Å². The normalized spacial score (nSPS) is 24.0. The van der Waals surface area contributed by atoms with Crippen LogP contribution in [0.25, 0.3) is 0 Å². The van der Waals surface area contributed by atoms with Crippen LogP contribution < -0.4 is 5.32 Å². The topological polar surface area (TPSA) is 29.9 Å². The Bertz CT molecular complexity index is 321. The maximum Gasteiger partial charge on any atom is 0.0951 e. The summed E-state index contributed by atoms with van der Waals surface area (Å²) in [4.78, 5) is 4.34. The lowest BCUT2D eigenvalue weighted by Gasteiger charge is -2.32. The molecule has 0 atom stereocenters. The van der Waals surface area contributed by atoms with Crippen molar-refractivity contribution in [2.75, 3.05) is 13.1 Å². The summed E-state index contributed by atoms with van der Waals surface area (Å²) in [5.41, 5.74) is 1.49. The minimum atomic E-state index is 0.671. The van der Waals surface area contributed by atoms with Gasteiger partial charge in [-0.3, -0.25) is 0 Å². The molecule has 1 N–H and O–H groups in total. The molecule has 2 aliphatic rings. The average molecular weight is 205 g/mol. The van der Waals surface area contributed by atoms with Crippen molar-refractivity contribution in [1.29, 1.82) is 0 Å². The van der Waals surface area contributed by atoms with Crippen molar-refractivity contribution >= 4 is 0 Å². The van der Waals surface area contributed by atoms with Crippen molar-refractivity contribution in [3.63, 3.8) is 0 Å². The van der Waals surface area contributed by atoms with Crippen molar-refractivity contribution in [3.8, 4) is 0 Å². The van der Waals surface area contributed by atoms with Gasteiger partial charge in [0.15, 0.2) is 0 Å². The second-order valence-corrected chi connectivity index (χ2v) is 4.87. The van der Waals surface area contributed by atoms with Gasteiger partial charge in [-0.15, -0.1) is 0 Å². The Labute approximate surface area is 90.9 Å². The quantitative estimate of drug-likeness (QED) is 0.801. The summed E-state index contributed by atoms with van der Waals surface area (Å²) in [5.74, 6) is 0.779. The van der Waals surface area contributed by atoms with Gasteiger partial charge in [0, 0.05) is 30.9 Å². The molecule has 1 aliphatic heterocycles. The molecule has 0 unspecified atom stereocenters. The molecule has 1 aromatic heterocycles. The van der Waals surface area contributed by atoms with Crippen LogP contribution in [0.4, 0.5) is 0 Å². The summed E-state index contributed by atoms with van der Waals surface area (Å²) in [6.45, 7) is 2.24. The molecular formula is C12H19N3. The highest BCUT2D eigenvalue weighted by atomic mass is 15.2. The minimum Gasteiger partial charge on any atom is -0.329 e. The molecule has 0 radical (unpaired) electrons. The first kappa shape index (κ1) is 9.40. The highest BCUT2D eigenvalue weighted by molar-refractivity contribution is 5.10. The van der Waals surface area contributed by atoms with E-state index in [9.17, 15) is 0 Å². The van der Waals surface area contributed by atoms with E-state index in [1.807, 2.05) is 6.33 Å². The molecule has 2 heterocycles. The van der Waals surface area contributed by atoms with Crippen LogP contribution >= 0.6 is 0 Å². The molecule has 1 aliphatic carbocycles. The fourth-order valence-electron chi connectivity index (χ4n) is 2.80. The number of hydrogen-bond donors (Lipinski definition) is 1. The van der Waals surface area contributed by atoms with Crippen LogP contribution in [-0.2, 0) is 0 Å². The molecular weight excluding hydrogens is 186 g/mol. The van der Waals surface area contributed by atoms with Crippen LogP contribution in [-0.4, -0.2) is 22.6 Å². The minimum absolute atomic E-state index is 0.671. The van der Waals surface area contributed by atoms with Gasteiger partial charge in [-0.2, -0.15) is 0 Å². The Morgan fingerprint density at radius 1 is 1.20 bits per heavy atom. The molecule has 3 heteroatoms. The zero-order chi connectivity index (χ0) is 10.1. The second-order valence-electron chi connectivity index (χ2n) is 4.87. The van der Waals surface area contributed by atoms with Crippen molar-refractivity contribution in [3.05, 3.63) is 18.2 Å². The summed E-state index contributed by atoms with van der Waals surface area (Å²) in [6.07, 6.45) is 11.1. The van der Waals surface area contributed by atoms with Gasteiger partial charge in [-0.1, -0.05) is 19.3 Å². The van der Waals surface area contributed by atoms with Crippen LogP contribution in [0.1, 0.15) is 49.8 Å². The Balaban J connectivity index is 1.80. The van der Waals surface area contributed by atoms with E-state index in [4.69, 9.17) is 0 Å². The Kier molecular flexibility index (Phi) is 2.49. The zero-order valence-electron chi connectivity index (χ0n) is 9.15. The van der Waals surface area contributed by atoms with Gasteiger partial charge in [0.05, 0.1) is 12.4 Å². The van der Waals surface area contributed by atoms with Crippen molar-refractivity contribution < 1.29 is 0 Å². The smallest absolute Gasteiger partial charge is 0.0951 e. The molecule has 1 aromatic rings. The number of rotatable bonds is 2. The third-order valence-electron chi connectivity index (χ3n) is 3.87. The average Bonchev–Trinajstić information content (AvgIpc) is 2.65.